The van der Waals surface area contributed by atoms with E-state index in [4.69, 9.17) is 12.2 Å². The molecule has 1 aromatic carbocycles. The van der Waals surface area contributed by atoms with Crippen molar-refractivity contribution in [3.8, 4) is 11.3 Å². The summed E-state index contributed by atoms with van der Waals surface area (Å²) in [4.78, 5) is 16.5. The lowest BCUT2D eigenvalue weighted by atomic mass is 10.1. The summed E-state index contributed by atoms with van der Waals surface area (Å²) in [7, 11) is 0. The Bertz CT molecular complexity index is 914. The number of aryl methyl sites for hydroxylation is 1. The van der Waals surface area contributed by atoms with Gasteiger partial charge in [0.2, 0.25) is 5.91 Å². The second kappa shape index (κ2) is 7.72. The minimum Gasteiger partial charge on any atom is -0.348 e. The van der Waals surface area contributed by atoms with Crippen LogP contribution in [0.15, 0.2) is 54.2 Å². The van der Waals surface area contributed by atoms with Crippen LogP contribution in [0.4, 0.5) is 0 Å². The van der Waals surface area contributed by atoms with Gasteiger partial charge in [-0.1, -0.05) is 29.8 Å². The van der Waals surface area contributed by atoms with Gasteiger partial charge in [0.05, 0.1) is 11.7 Å². The van der Waals surface area contributed by atoms with Crippen molar-refractivity contribution < 1.29 is 4.79 Å². The van der Waals surface area contributed by atoms with Gasteiger partial charge in [-0.15, -0.1) is 11.3 Å². The quantitative estimate of drug-likeness (QED) is 0.672. The molecule has 1 unspecified atom stereocenters. The van der Waals surface area contributed by atoms with Gasteiger partial charge in [0, 0.05) is 17.8 Å². The molecule has 0 aliphatic carbocycles. The Kier molecular flexibility index (Phi) is 5.40. The number of thiazole rings is 1. The fourth-order valence-corrected chi connectivity index (χ4v) is 3.67. The van der Waals surface area contributed by atoms with E-state index in [0.717, 1.165) is 16.8 Å². The summed E-state index contributed by atoms with van der Waals surface area (Å²) in [5, 5.41) is 5.03. The van der Waals surface area contributed by atoms with E-state index in [-0.39, 0.29) is 18.5 Å². The van der Waals surface area contributed by atoms with Crippen molar-refractivity contribution in [1.29, 1.82) is 0 Å². The van der Waals surface area contributed by atoms with Gasteiger partial charge in [0.25, 0.3) is 0 Å². The lowest BCUT2D eigenvalue weighted by molar-refractivity contribution is -0.122. The molecule has 2 heterocycles. The van der Waals surface area contributed by atoms with Crippen LogP contribution in [0.5, 0.6) is 0 Å². The molecule has 4 nitrogen and oxygen atoms in total. The summed E-state index contributed by atoms with van der Waals surface area (Å²) >= 11 is 6.89. The van der Waals surface area contributed by atoms with Crippen molar-refractivity contribution >= 4 is 29.5 Å². The first kappa shape index (κ1) is 17.5. The molecule has 1 amide bonds. The van der Waals surface area contributed by atoms with E-state index in [0.29, 0.717) is 3.95 Å². The Balaban J connectivity index is 1.77. The van der Waals surface area contributed by atoms with Gasteiger partial charge in [-0.2, -0.15) is 0 Å². The van der Waals surface area contributed by atoms with Gasteiger partial charge < -0.3 is 9.88 Å². The largest absolute Gasteiger partial charge is 0.348 e. The van der Waals surface area contributed by atoms with Crippen molar-refractivity contribution in [3.05, 3.63) is 69.3 Å². The minimum atomic E-state index is -0.0777. The fourth-order valence-electron chi connectivity index (χ4n) is 2.60. The third kappa shape index (κ3) is 4.21. The van der Waals surface area contributed by atoms with Gasteiger partial charge >= 0.3 is 0 Å². The van der Waals surface area contributed by atoms with Crippen LogP contribution in [0, 0.1) is 10.9 Å². The monoisotopic (exact) mass is 369 g/mol. The second-order valence-electron chi connectivity index (χ2n) is 5.91. The number of hydrogen-bond donors (Lipinski definition) is 1. The molecule has 6 heteroatoms. The van der Waals surface area contributed by atoms with Crippen molar-refractivity contribution in [3.63, 3.8) is 0 Å². The smallest absolute Gasteiger partial charge is 0.240 e. The number of nitrogens with one attached hydrogen (secondary N) is 1. The first-order valence-corrected chi connectivity index (χ1v) is 9.28. The number of amides is 1. The van der Waals surface area contributed by atoms with Gasteiger partial charge in [0.1, 0.15) is 6.54 Å². The lowest BCUT2D eigenvalue weighted by Crippen LogP contribution is -2.30. The lowest BCUT2D eigenvalue weighted by Gasteiger charge is -2.15. The highest BCUT2D eigenvalue weighted by Crippen LogP contribution is 2.24. The summed E-state index contributed by atoms with van der Waals surface area (Å²) in [6.07, 6.45) is 3.45. The molecular formula is C19H19N3OS2. The van der Waals surface area contributed by atoms with Crippen LogP contribution < -0.4 is 5.32 Å². The summed E-state index contributed by atoms with van der Waals surface area (Å²) in [5.41, 5.74) is 4.26. The molecule has 25 heavy (non-hydrogen) atoms. The number of carbonyl (C=O) groups excluding carboxylic acids is 1. The number of pyridine rings is 1. The number of aromatic nitrogens is 2. The van der Waals surface area contributed by atoms with Crippen molar-refractivity contribution in [1.82, 2.24) is 14.9 Å². The zero-order valence-electron chi connectivity index (χ0n) is 14.1. The van der Waals surface area contributed by atoms with Crippen LogP contribution in [-0.4, -0.2) is 15.5 Å². The molecule has 3 aromatic rings. The summed E-state index contributed by atoms with van der Waals surface area (Å²) < 4.78 is 2.58. The van der Waals surface area contributed by atoms with E-state index >= 15 is 0 Å². The van der Waals surface area contributed by atoms with Crippen molar-refractivity contribution in [2.75, 3.05) is 0 Å². The Hall–Kier alpha value is -2.31. The topological polar surface area (TPSA) is 46.9 Å². The molecule has 1 atom stereocenters. The van der Waals surface area contributed by atoms with Gasteiger partial charge in [0.15, 0.2) is 3.95 Å². The number of hydrogen-bond acceptors (Lipinski definition) is 4. The minimum absolute atomic E-state index is 0.0628. The molecule has 128 valence electrons. The molecule has 0 fully saturated rings. The standard InChI is InChI=1S/C19H19N3OS2/c1-13-3-5-16(6-4-13)17-12-25-19(24)22(17)11-18(23)21-14(2)15-7-9-20-10-8-15/h3-10,12,14H,11H2,1-2H3,(H,21,23). The van der Waals surface area contributed by atoms with Crippen LogP contribution >= 0.6 is 23.6 Å². The zero-order valence-corrected chi connectivity index (χ0v) is 15.7. The van der Waals surface area contributed by atoms with Crippen LogP contribution in [0.25, 0.3) is 11.3 Å². The molecule has 0 radical (unpaired) electrons. The molecule has 2 aromatic heterocycles. The van der Waals surface area contributed by atoms with Crippen LogP contribution in [0.3, 0.4) is 0 Å². The molecule has 0 saturated heterocycles. The Labute approximate surface area is 156 Å². The predicted molar refractivity (Wildman–Crippen MR) is 104 cm³/mol. The summed E-state index contributed by atoms with van der Waals surface area (Å²) in [6.45, 7) is 4.22. The molecule has 3 rings (SSSR count). The number of benzene rings is 1. The molecule has 0 aliphatic rings. The second-order valence-corrected chi connectivity index (χ2v) is 7.41. The maximum Gasteiger partial charge on any atom is 0.240 e. The molecule has 0 spiro atoms. The Morgan fingerprint density at radius 3 is 2.60 bits per heavy atom. The fraction of sp³-hybridized carbons (Fsp3) is 0.211. The predicted octanol–water partition coefficient (Wildman–Crippen LogP) is 4.53. The molecule has 0 bridgehead atoms. The summed E-state index contributed by atoms with van der Waals surface area (Å²) in [5.74, 6) is -0.0628. The average Bonchev–Trinajstić information content (AvgIpc) is 2.97. The van der Waals surface area contributed by atoms with Gasteiger partial charge in [-0.25, -0.2) is 0 Å². The SMILES string of the molecule is Cc1ccc(-c2csc(=S)n2CC(=O)NC(C)c2ccncc2)cc1. The first-order valence-electron chi connectivity index (χ1n) is 7.99. The highest BCUT2D eigenvalue weighted by molar-refractivity contribution is 7.73. The van der Waals surface area contributed by atoms with E-state index in [1.807, 2.05) is 29.0 Å². The van der Waals surface area contributed by atoms with Gasteiger partial charge in [-0.05, 0) is 49.3 Å². The summed E-state index contributed by atoms with van der Waals surface area (Å²) in [6, 6.07) is 12.0. The van der Waals surface area contributed by atoms with E-state index in [9.17, 15) is 4.79 Å². The van der Waals surface area contributed by atoms with E-state index < -0.39 is 0 Å². The molecular weight excluding hydrogens is 350 g/mol. The average molecular weight is 370 g/mol. The van der Waals surface area contributed by atoms with Crippen LogP contribution in [0.1, 0.15) is 24.1 Å². The van der Waals surface area contributed by atoms with Crippen LogP contribution in [0.2, 0.25) is 0 Å². The number of nitrogens with zero attached hydrogens (tertiary/aromatic N) is 2. The maximum atomic E-state index is 12.5. The highest BCUT2D eigenvalue weighted by Gasteiger charge is 2.13. The first-order chi connectivity index (χ1) is 12.0. The molecule has 0 aliphatic heterocycles. The van der Waals surface area contributed by atoms with Crippen molar-refractivity contribution in [2.45, 2.75) is 26.4 Å². The molecule has 0 saturated carbocycles. The number of rotatable bonds is 5. The van der Waals surface area contributed by atoms with Gasteiger partial charge in [-0.3, -0.25) is 9.78 Å². The molecule has 1 N–H and O–H groups in total. The third-order valence-electron chi connectivity index (χ3n) is 4.02. The van der Waals surface area contributed by atoms with Crippen LogP contribution in [-0.2, 0) is 11.3 Å². The Morgan fingerprint density at radius 2 is 1.92 bits per heavy atom. The third-order valence-corrected chi connectivity index (χ3v) is 5.29. The zero-order chi connectivity index (χ0) is 17.8. The Morgan fingerprint density at radius 1 is 1.24 bits per heavy atom. The van der Waals surface area contributed by atoms with E-state index in [1.54, 1.807) is 12.4 Å². The highest BCUT2D eigenvalue weighted by atomic mass is 32.1. The number of carbonyl (C=O) groups is 1. The van der Waals surface area contributed by atoms with Crippen molar-refractivity contribution in [2.24, 2.45) is 0 Å². The maximum absolute atomic E-state index is 12.5. The van der Waals surface area contributed by atoms with E-state index in [1.165, 1.54) is 16.9 Å². The normalized spacial score (nSPS) is 11.9. The van der Waals surface area contributed by atoms with E-state index in [2.05, 4.69) is 41.5 Å².